The number of fused-ring (bicyclic) bond motifs is 6. The van der Waals surface area contributed by atoms with E-state index in [9.17, 15) is 17.6 Å². The second-order valence-electron chi connectivity index (χ2n) is 11.7. The molecule has 0 aliphatic carbocycles. The van der Waals surface area contributed by atoms with Crippen LogP contribution in [0, 0.1) is 35.4 Å². The van der Waals surface area contributed by atoms with Gasteiger partial charge in [-0.1, -0.05) is 72.8 Å². The molecule has 0 N–H and O–H groups in total. The zero-order valence-corrected chi connectivity index (χ0v) is 29.8. The predicted octanol–water partition coefficient (Wildman–Crippen LogP) is 12.5. The van der Waals surface area contributed by atoms with Crippen LogP contribution < -0.4 is 0 Å². The second-order valence-corrected chi connectivity index (χ2v) is 11.7. The van der Waals surface area contributed by atoms with Crippen LogP contribution >= 0.6 is 0 Å². The van der Waals surface area contributed by atoms with Crippen LogP contribution in [0.25, 0.3) is 55.0 Å². The van der Waals surface area contributed by atoms with Crippen LogP contribution in [0.2, 0.25) is 0 Å². The Hall–Kier alpha value is -5.95. The number of halogens is 4. The van der Waals surface area contributed by atoms with Crippen LogP contribution in [0.4, 0.5) is 17.6 Å². The van der Waals surface area contributed by atoms with Gasteiger partial charge in [-0.05, 0) is 35.6 Å². The first-order valence-electron chi connectivity index (χ1n) is 16.6. The number of hydrogen-bond donors (Lipinski definition) is 0. The van der Waals surface area contributed by atoms with Crippen LogP contribution in [-0.4, -0.2) is 9.13 Å². The predicted molar refractivity (Wildman–Crippen MR) is 203 cm³/mol. The molecule has 7 heteroatoms. The third kappa shape index (κ3) is 7.95. The molecule has 8 aromatic carbocycles. The normalized spacial score (nSPS) is 10.5. The van der Waals surface area contributed by atoms with Gasteiger partial charge in [0.2, 0.25) is 0 Å². The maximum atomic E-state index is 14.2. The van der Waals surface area contributed by atoms with E-state index in [0.29, 0.717) is 11.4 Å². The Kier molecular flexibility index (Phi) is 11.8. The first-order valence-corrected chi connectivity index (χ1v) is 16.6. The van der Waals surface area contributed by atoms with E-state index in [0.717, 1.165) is 43.6 Å². The number of benzene rings is 6. The van der Waals surface area contributed by atoms with Gasteiger partial charge in [-0.25, -0.2) is 41.8 Å². The molecular formula is C46H30F4N2Ti. The van der Waals surface area contributed by atoms with Gasteiger partial charge in [0, 0.05) is 66.9 Å². The molecule has 0 aliphatic rings. The van der Waals surface area contributed by atoms with E-state index in [2.05, 4.69) is 12.1 Å². The molecule has 2 aromatic heterocycles. The van der Waals surface area contributed by atoms with Gasteiger partial charge < -0.3 is 9.13 Å². The average molecular weight is 735 g/mol. The monoisotopic (exact) mass is 734 g/mol. The SMILES string of the molecule is Fc1[c-]c(F)c(-n2c3ccccc3c3ccccc32)cc1.Fc1[c-]c(F)c(-n2c3ccccc3c3ccccc32)cc1.[Ti+4].c1cc[cH-]c1.c1cc[cH-]c1. The molecule has 53 heavy (non-hydrogen) atoms. The first kappa shape index (κ1) is 36.8. The van der Waals surface area contributed by atoms with Crippen LogP contribution in [0.1, 0.15) is 0 Å². The minimum atomic E-state index is -0.697. The van der Waals surface area contributed by atoms with E-state index >= 15 is 0 Å². The van der Waals surface area contributed by atoms with Gasteiger partial charge >= 0.3 is 21.7 Å². The third-order valence-electron chi connectivity index (χ3n) is 8.44. The summed E-state index contributed by atoms with van der Waals surface area (Å²) in [5, 5.41) is 4.15. The first-order chi connectivity index (χ1) is 25.5. The molecule has 0 radical (unpaired) electrons. The Morgan fingerprint density at radius 1 is 0.358 bits per heavy atom. The van der Waals surface area contributed by atoms with E-state index in [1.54, 1.807) is 9.13 Å². The van der Waals surface area contributed by atoms with Crippen molar-refractivity contribution in [2.45, 2.75) is 0 Å². The summed E-state index contributed by atoms with van der Waals surface area (Å²) < 4.78 is 58.1. The third-order valence-corrected chi connectivity index (χ3v) is 8.44. The van der Waals surface area contributed by atoms with Crippen molar-refractivity contribution in [3.63, 3.8) is 0 Å². The summed E-state index contributed by atoms with van der Waals surface area (Å²) in [6.45, 7) is 0. The molecule has 0 spiro atoms. The van der Waals surface area contributed by atoms with Gasteiger partial charge in [-0.3, -0.25) is 0 Å². The average Bonchev–Trinajstić information content (AvgIpc) is 4.01. The molecule has 10 aromatic rings. The fourth-order valence-electron chi connectivity index (χ4n) is 6.22. The van der Waals surface area contributed by atoms with E-state index in [-0.39, 0.29) is 21.7 Å². The Balaban J connectivity index is 0.000000142. The molecule has 0 unspecified atom stereocenters. The zero-order chi connectivity index (χ0) is 35.9. The summed E-state index contributed by atoms with van der Waals surface area (Å²) in [5.74, 6) is -2.78. The van der Waals surface area contributed by atoms with Crippen molar-refractivity contribution in [1.29, 1.82) is 0 Å². The van der Waals surface area contributed by atoms with Crippen molar-refractivity contribution in [1.82, 2.24) is 9.13 Å². The zero-order valence-electron chi connectivity index (χ0n) is 28.2. The van der Waals surface area contributed by atoms with E-state index in [1.165, 1.54) is 24.3 Å². The van der Waals surface area contributed by atoms with Gasteiger partial charge in [-0.15, -0.1) is 36.4 Å². The van der Waals surface area contributed by atoms with Crippen molar-refractivity contribution in [2.24, 2.45) is 0 Å². The Labute approximate surface area is 319 Å². The maximum Gasteiger partial charge on any atom is 4.00 e. The molecule has 0 fully saturated rings. The van der Waals surface area contributed by atoms with Crippen molar-refractivity contribution in [3.05, 3.63) is 217 Å². The summed E-state index contributed by atoms with van der Waals surface area (Å²) in [6, 6.07) is 60.7. The summed E-state index contributed by atoms with van der Waals surface area (Å²) >= 11 is 0. The largest absolute Gasteiger partial charge is 4.00 e. The van der Waals surface area contributed by atoms with Gasteiger partial charge in [-0.2, -0.15) is 36.4 Å². The van der Waals surface area contributed by atoms with Gasteiger partial charge in [0.15, 0.2) is 0 Å². The minimum Gasteiger partial charge on any atom is -0.362 e. The summed E-state index contributed by atoms with van der Waals surface area (Å²) in [4.78, 5) is 0. The van der Waals surface area contributed by atoms with Gasteiger partial charge in [0.05, 0.1) is 0 Å². The van der Waals surface area contributed by atoms with Crippen molar-refractivity contribution >= 4 is 43.6 Å². The molecule has 0 bridgehead atoms. The Morgan fingerprint density at radius 3 is 0.887 bits per heavy atom. The number of nitrogens with zero attached hydrogens (tertiary/aromatic N) is 2. The number of hydrogen-bond acceptors (Lipinski definition) is 0. The maximum absolute atomic E-state index is 14.2. The minimum absolute atomic E-state index is 0. The molecule has 0 amide bonds. The molecule has 256 valence electrons. The summed E-state index contributed by atoms with van der Waals surface area (Å²) in [5.41, 5.74) is 4.15. The molecule has 0 saturated heterocycles. The van der Waals surface area contributed by atoms with Crippen LogP contribution in [-0.2, 0) is 21.7 Å². The molecular weight excluding hydrogens is 704 g/mol. The van der Waals surface area contributed by atoms with E-state index in [1.807, 2.05) is 158 Å². The van der Waals surface area contributed by atoms with Crippen molar-refractivity contribution in [3.8, 4) is 11.4 Å². The summed E-state index contributed by atoms with van der Waals surface area (Å²) in [7, 11) is 0. The molecule has 0 saturated carbocycles. The topological polar surface area (TPSA) is 9.86 Å². The van der Waals surface area contributed by atoms with E-state index in [4.69, 9.17) is 0 Å². The number of aromatic nitrogens is 2. The smallest absolute Gasteiger partial charge is 0.362 e. The van der Waals surface area contributed by atoms with E-state index < -0.39 is 23.3 Å². The molecule has 0 aliphatic heterocycles. The van der Waals surface area contributed by atoms with Crippen LogP contribution in [0.5, 0.6) is 0 Å². The van der Waals surface area contributed by atoms with Gasteiger partial charge in [0.1, 0.15) is 0 Å². The fraction of sp³-hybridized carbons (Fsp3) is 0. The number of para-hydroxylation sites is 4. The standard InChI is InChI=1S/2C18H10F2N.2C5H5.Ti/c2*19-12-9-10-18(15(20)11-12)21-16-7-3-1-5-13(16)14-6-2-4-8-17(14)21;2*1-2-4-5-3-1;/h2*1-10H;2*1-5H;/q4*-1;+4. The van der Waals surface area contributed by atoms with Gasteiger partial charge in [0.25, 0.3) is 0 Å². The number of rotatable bonds is 2. The Morgan fingerprint density at radius 2 is 0.642 bits per heavy atom. The Bertz CT molecular complexity index is 2360. The summed E-state index contributed by atoms with van der Waals surface area (Å²) in [6.07, 6.45) is 0. The molecule has 10 rings (SSSR count). The fourth-order valence-corrected chi connectivity index (χ4v) is 6.22. The van der Waals surface area contributed by atoms with Crippen LogP contribution in [0.15, 0.2) is 182 Å². The molecule has 2 heterocycles. The quantitative estimate of drug-likeness (QED) is 0.0951. The molecule has 0 atom stereocenters. The van der Waals surface area contributed by atoms with Crippen molar-refractivity contribution in [2.75, 3.05) is 0 Å². The molecule has 2 nitrogen and oxygen atoms in total. The van der Waals surface area contributed by atoms with Crippen LogP contribution in [0.3, 0.4) is 0 Å². The van der Waals surface area contributed by atoms with Crippen molar-refractivity contribution < 1.29 is 39.3 Å². The second kappa shape index (κ2) is 17.0.